The number of ether oxygens (including phenoxy) is 1. The molecular weight excluding hydrogens is 653 g/mol. The molecule has 11 heteroatoms. The second kappa shape index (κ2) is 14.7. The van der Waals surface area contributed by atoms with E-state index < -0.39 is 5.97 Å². The highest BCUT2D eigenvalue weighted by molar-refractivity contribution is 5.67. The summed E-state index contributed by atoms with van der Waals surface area (Å²) >= 11 is 0. The van der Waals surface area contributed by atoms with Gasteiger partial charge in [-0.05, 0) is 123 Å². The second-order valence-corrected chi connectivity index (χ2v) is 18.4. The summed E-state index contributed by atoms with van der Waals surface area (Å²) < 4.78 is 6.95. The smallest absolute Gasteiger partial charge is 0.303 e. The van der Waals surface area contributed by atoms with Gasteiger partial charge in [0.25, 0.3) is 0 Å². The van der Waals surface area contributed by atoms with Gasteiger partial charge in [0.2, 0.25) is 0 Å². The Kier molecular flexibility index (Phi) is 9.78. The molecule has 1 aromatic carbocycles. The van der Waals surface area contributed by atoms with E-state index in [0.717, 1.165) is 17.7 Å². The summed E-state index contributed by atoms with van der Waals surface area (Å²) in [6.07, 6.45) is 22.4. The van der Waals surface area contributed by atoms with E-state index in [1.54, 1.807) is 0 Å². The lowest BCUT2D eigenvalue weighted by molar-refractivity contribution is -0.136. The number of nitrogens with one attached hydrogen (secondary N) is 8. The summed E-state index contributed by atoms with van der Waals surface area (Å²) in [4.78, 5) is 11.2. The third-order valence-corrected chi connectivity index (χ3v) is 15.7. The van der Waals surface area contributed by atoms with Crippen LogP contribution in [0.2, 0.25) is 0 Å². The standard InChI is InChI=1S/C41H64N8O3/c50-32(51)21-18-22-16-19-23(20-17-22)52-31-15-7-14-30-33(31)41-48-39-29-13-6-5-12-28(29)37(46-39)44-35-25-9-2-1-8-24(25)34(42-35)43-36-26-10-3-4-11-27(26)38(45-36)47-40(30)49-41/h16-17,19-20,24-31,33-49H,1-15,18,21H2,(H,50,51). The first-order valence-corrected chi connectivity index (χ1v) is 21.6. The molecule has 9 fully saturated rings. The first-order chi connectivity index (χ1) is 25.6. The third-order valence-electron chi connectivity index (χ3n) is 15.7. The van der Waals surface area contributed by atoms with E-state index in [4.69, 9.17) is 9.84 Å². The molecule has 0 radical (unpaired) electrons. The van der Waals surface area contributed by atoms with Crippen LogP contribution in [0.5, 0.6) is 5.75 Å². The quantitative estimate of drug-likeness (QED) is 0.220. The highest BCUT2D eigenvalue weighted by atomic mass is 16.5. The molecule has 286 valence electrons. The first-order valence-electron chi connectivity index (χ1n) is 21.6. The number of rotatable bonds is 5. The molecule has 5 saturated heterocycles. The van der Waals surface area contributed by atoms with Crippen molar-refractivity contribution in [3.8, 4) is 5.75 Å². The lowest BCUT2D eigenvalue weighted by atomic mass is 9.75. The molecule has 9 aliphatic rings. The average Bonchev–Trinajstić information content (AvgIpc) is 3.91. The van der Waals surface area contributed by atoms with Gasteiger partial charge in [0.05, 0.1) is 49.3 Å². The van der Waals surface area contributed by atoms with E-state index in [0.29, 0.717) is 84.6 Å². The zero-order valence-corrected chi connectivity index (χ0v) is 30.9. The van der Waals surface area contributed by atoms with Gasteiger partial charge in [0.1, 0.15) is 11.9 Å². The Hall–Kier alpha value is -1.83. The number of hydrogen-bond acceptors (Lipinski definition) is 10. The van der Waals surface area contributed by atoms with Crippen molar-refractivity contribution in [2.24, 2.45) is 47.3 Å². The number of carboxylic acid groups (broad SMARTS) is 1. The van der Waals surface area contributed by atoms with Crippen LogP contribution in [0, 0.1) is 47.3 Å². The van der Waals surface area contributed by atoms with Crippen LogP contribution < -0.4 is 47.3 Å². The number of benzene rings is 1. The van der Waals surface area contributed by atoms with Gasteiger partial charge < -0.3 is 9.84 Å². The van der Waals surface area contributed by atoms with Crippen LogP contribution in [0.3, 0.4) is 0 Å². The van der Waals surface area contributed by atoms with Gasteiger partial charge in [0.15, 0.2) is 0 Å². The number of aliphatic carboxylic acids is 1. The molecule has 4 saturated carbocycles. The number of fused-ring (bicyclic) bond motifs is 20. The van der Waals surface area contributed by atoms with Crippen molar-refractivity contribution in [1.29, 1.82) is 0 Å². The monoisotopic (exact) mass is 717 g/mol. The van der Waals surface area contributed by atoms with Gasteiger partial charge >= 0.3 is 5.97 Å². The molecule has 4 aliphatic carbocycles. The van der Waals surface area contributed by atoms with Crippen molar-refractivity contribution in [2.75, 3.05) is 0 Å². The topological polar surface area (TPSA) is 143 Å². The molecule has 10 rings (SSSR count). The van der Waals surface area contributed by atoms with Gasteiger partial charge in [-0.2, -0.15) is 0 Å². The highest BCUT2D eigenvalue weighted by Gasteiger charge is 2.56. The molecular formula is C41H64N8O3. The maximum Gasteiger partial charge on any atom is 0.303 e. The Morgan fingerprint density at radius 3 is 1.27 bits per heavy atom. The van der Waals surface area contributed by atoms with E-state index in [1.165, 1.54) is 89.9 Å². The largest absolute Gasteiger partial charge is 0.490 e. The van der Waals surface area contributed by atoms with Crippen LogP contribution in [-0.4, -0.2) is 66.5 Å². The van der Waals surface area contributed by atoms with Gasteiger partial charge in [-0.15, -0.1) is 0 Å². The molecule has 5 aliphatic heterocycles. The molecule has 0 amide bonds. The van der Waals surface area contributed by atoms with E-state index in [2.05, 4.69) is 54.7 Å². The normalized spacial score (nSPS) is 48.3. The predicted molar refractivity (Wildman–Crippen MR) is 199 cm³/mol. The molecule has 0 spiro atoms. The van der Waals surface area contributed by atoms with Crippen molar-refractivity contribution in [3.05, 3.63) is 29.8 Å². The maximum atomic E-state index is 11.2. The SMILES string of the molecule is O=C(O)CCc1ccc(OC2CCCC3C4NC5NC(NC6NC(NC7NC(NC(N4)C23)C2CCCCC72)C2CCCCC62)C2CCCCC52)cc1. The first kappa shape index (κ1) is 34.6. The van der Waals surface area contributed by atoms with Crippen molar-refractivity contribution in [2.45, 2.75) is 165 Å². The molecule has 52 heavy (non-hydrogen) atoms. The number of carbonyl (C=O) groups is 1. The number of hydrogen-bond donors (Lipinski definition) is 9. The van der Waals surface area contributed by atoms with Crippen molar-refractivity contribution >= 4 is 5.97 Å². The number of carboxylic acids is 1. The Morgan fingerprint density at radius 2 is 0.865 bits per heavy atom. The minimum absolute atomic E-state index is 0.108. The fraction of sp³-hybridized carbons (Fsp3) is 0.829. The molecule has 8 bridgehead atoms. The Balaban J connectivity index is 0.955. The summed E-state index contributed by atoms with van der Waals surface area (Å²) in [7, 11) is 0. The fourth-order valence-electron chi connectivity index (χ4n) is 13.3. The highest BCUT2D eigenvalue weighted by Crippen LogP contribution is 2.46. The average molecular weight is 717 g/mol. The van der Waals surface area contributed by atoms with Crippen LogP contribution in [0.15, 0.2) is 24.3 Å². The molecule has 1 aromatic rings. The van der Waals surface area contributed by atoms with Crippen molar-refractivity contribution < 1.29 is 14.6 Å². The van der Waals surface area contributed by atoms with Crippen molar-refractivity contribution in [1.82, 2.24) is 42.5 Å². The molecule has 11 nitrogen and oxygen atoms in total. The Bertz CT molecular complexity index is 1410. The van der Waals surface area contributed by atoms with Gasteiger partial charge in [-0.1, -0.05) is 50.7 Å². The minimum Gasteiger partial charge on any atom is -0.490 e. The minimum atomic E-state index is -0.754. The molecule has 17 unspecified atom stereocenters. The lowest BCUT2D eigenvalue weighted by Gasteiger charge is -2.39. The Labute approximate surface area is 310 Å². The van der Waals surface area contributed by atoms with E-state index in [1.807, 2.05) is 12.1 Å². The van der Waals surface area contributed by atoms with Gasteiger partial charge in [0, 0.05) is 12.3 Å². The summed E-state index contributed by atoms with van der Waals surface area (Å²) in [5, 5.41) is 43.0. The van der Waals surface area contributed by atoms with Crippen LogP contribution in [0.25, 0.3) is 0 Å². The molecule has 5 heterocycles. The lowest BCUT2D eigenvalue weighted by Crippen LogP contribution is -2.62. The Morgan fingerprint density at radius 1 is 0.500 bits per heavy atom. The predicted octanol–water partition coefficient (Wildman–Crippen LogP) is 3.68. The van der Waals surface area contributed by atoms with Crippen LogP contribution in [0.1, 0.15) is 108 Å². The fourth-order valence-corrected chi connectivity index (χ4v) is 13.3. The maximum absolute atomic E-state index is 11.2. The molecule has 17 atom stereocenters. The van der Waals surface area contributed by atoms with Crippen LogP contribution in [-0.2, 0) is 11.2 Å². The summed E-state index contributed by atoms with van der Waals surface area (Å²) in [5.74, 6) is 4.88. The van der Waals surface area contributed by atoms with Crippen molar-refractivity contribution in [3.63, 3.8) is 0 Å². The zero-order valence-electron chi connectivity index (χ0n) is 30.9. The van der Waals surface area contributed by atoms with E-state index in [-0.39, 0.29) is 31.0 Å². The summed E-state index contributed by atoms with van der Waals surface area (Å²) in [6.45, 7) is 0. The summed E-state index contributed by atoms with van der Waals surface area (Å²) in [5.41, 5.74) is 1.05. The molecule has 0 aromatic heterocycles. The van der Waals surface area contributed by atoms with E-state index in [9.17, 15) is 4.79 Å². The van der Waals surface area contributed by atoms with Crippen LogP contribution >= 0.6 is 0 Å². The van der Waals surface area contributed by atoms with E-state index >= 15 is 0 Å². The second-order valence-electron chi connectivity index (χ2n) is 18.4. The third kappa shape index (κ3) is 6.52. The van der Waals surface area contributed by atoms with Crippen LogP contribution in [0.4, 0.5) is 0 Å². The zero-order chi connectivity index (χ0) is 34.8. The van der Waals surface area contributed by atoms with Gasteiger partial charge in [-0.3, -0.25) is 47.3 Å². The summed E-state index contributed by atoms with van der Waals surface area (Å²) in [6, 6.07) is 8.21. The van der Waals surface area contributed by atoms with Gasteiger partial charge in [-0.25, -0.2) is 0 Å². The molecule has 9 N–H and O–H groups in total. The number of aryl methyl sites for hydroxylation is 1.